The smallest absolute Gasteiger partial charge is 0.250 e. The molecule has 1 aromatic heterocycles. The maximum atomic E-state index is 11.7. The van der Waals surface area contributed by atoms with Gasteiger partial charge in [0.2, 0.25) is 0 Å². The number of anilines is 1. The predicted octanol–water partition coefficient (Wildman–Crippen LogP) is -0.107. The molecule has 3 heterocycles. The van der Waals surface area contributed by atoms with Gasteiger partial charge in [-0.2, -0.15) is 0 Å². The van der Waals surface area contributed by atoms with Gasteiger partial charge in [0.15, 0.2) is 5.60 Å². The number of H-pyrrole nitrogens is 1. The van der Waals surface area contributed by atoms with Gasteiger partial charge in [0, 0.05) is 31.2 Å². The highest BCUT2D eigenvalue weighted by Gasteiger charge is 2.40. The third-order valence-electron chi connectivity index (χ3n) is 4.91. The van der Waals surface area contributed by atoms with Crippen molar-refractivity contribution >= 4 is 22.5 Å². The summed E-state index contributed by atoms with van der Waals surface area (Å²) < 4.78 is 5.13. The Morgan fingerprint density at radius 1 is 1.43 bits per heavy atom. The summed E-state index contributed by atoms with van der Waals surface area (Å²) in [6, 6.07) is 5.98. The molecule has 4 rings (SSSR count). The lowest BCUT2D eigenvalue weighted by atomic mass is 9.98. The van der Waals surface area contributed by atoms with Gasteiger partial charge in [-0.3, -0.25) is 4.79 Å². The molecule has 1 aromatic carbocycles. The van der Waals surface area contributed by atoms with E-state index in [1.807, 2.05) is 19.2 Å². The summed E-state index contributed by atoms with van der Waals surface area (Å²) in [6.07, 6.45) is 0. The Labute approximate surface area is 133 Å². The second-order valence-corrected chi connectivity index (χ2v) is 6.42. The Balaban J connectivity index is 1.87. The first-order valence-electron chi connectivity index (χ1n) is 7.69. The van der Waals surface area contributed by atoms with Gasteiger partial charge in [-0.25, -0.2) is 0 Å². The topological polar surface area (TPSA) is 104 Å². The van der Waals surface area contributed by atoms with Crippen LogP contribution in [-0.4, -0.2) is 55.4 Å². The minimum absolute atomic E-state index is 0.253. The number of benzene rings is 1. The monoisotopic (exact) mass is 316 g/mol. The number of aromatic amines is 1. The van der Waals surface area contributed by atoms with Crippen LogP contribution >= 0.6 is 0 Å². The molecule has 2 aromatic rings. The molecule has 5 N–H and O–H groups in total. The van der Waals surface area contributed by atoms with Gasteiger partial charge in [-0.05, 0) is 18.2 Å². The van der Waals surface area contributed by atoms with Gasteiger partial charge in [-0.1, -0.05) is 0 Å². The van der Waals surface area contributed by atoms with Gasteiger partial charge in [0.1, 0.15) is 0 Å². The molecule has 0 unspecified atom stereocenters. The van der Waals surface area contributed by atoms with Crippen molar-refractivity contribution < 1.29 is 14.6 Å². The SMILES string of the molecule is CN(c1ccc(C(N)=O)c2[nH]c(C3(O)COC3)cc12)C1CNC1. The number of hydrogen-bond acceptors (Lipinski definition) is 5. The number of nitrogens with one attached hydrogen (secondary N) is 2. The highest BCUT2D eigenvalue weighted by Crippen LogP contribution is 2.36. The molecule has 0 spiro atoms. The average Bonchev–Trinajstić information content (AvgIpc) is 2.86. The number of aromatic nitrogens is 1. The number of rotatable bonds is 4. The van der Waals surface area contributed by atoms with Crippen LogP contribution in [0.1, 0.15) is 16.1 Å². The fourth-order valence-electron chi connectivity index (χ4n) is 3.16. The van der Waals surface area contributed by atoms with Crippen molar-refractivity contribution in [3.8, 4) is 0 Å². The van der Waals surface area contributed by atoms with Crippen LogP contribution in [0.15, 0.2) is 18.2 Å². The summed E-state index contributed by atoms with van der Waals surface area (Å²) in [4.78, 5) is 17.1. The van der Waals surface area contributed by atoms with Gasteiger partial charge < -0.3 is 30.8 Å². The van der Waals surface area contributed by atoms with Crippen LogP contribution in [0.2, 0.25) is 0 Å². The Hall–Kier alpha value is -2.09. The summed E-state index contributed by atoms with van der Waals surface area (Å²) in [5.41, 5.74) is 7.26. The number of primary amides is 1. The van der Waals surface area contributed by atoms with E-state index in [1.54, 1.807) is 6.07 Å². The van der Waals surface area contributed by atoms with E-state index in [9.17, 15) is 9.90 Å². The first-order valence-corrected chi connectivity index (χ1v) is 7.69. The maximum Gasteiger partial charge on any atom is 0.250 e. The summed E-state index contributed by atoms with van der Waals surface area (Å²) >= 11 is 0. The summed E-state index contributed by atoms with van der Waals surface area (Å²) in [6.45, 7) is 2.38. The molecule has 0 bridgehead atoms. The van der Waals surface area contributed by atoms with Crippen molar-refractivity contribution in [2.75, 3.05) is 38.3 Å². The van der Waals surface area contributed by atoms with E-state index in [4.69, 9.17) is 10.5 Å². The van der Waals surface area contributed by atoms with Crippen molar-refractivity contribution in [3.63, 3.8) is 0 Å². The first kappa shape index (κ1) is 14.5. The number of nitrogens with zero attached hydrogens (tertiary/aromatic N) is 1. The zero-order valence-corrected chi connectivity index (χ0v) is 12.9. The Kier molecular flexibility index (Phi) is 3.12. The van der Waals surface area contributed by atoms with Crippen LogP contribution < -0.4 is 16.0 Å². The molecular weight excluding hydrogens is 296 g/mol. The van der Waals surface area contributed by atoms with Gasteiger partial charge >= 0.3 is 0 Å². The molecule has 0 aliphatic carbocycles. The molecule has 122 valence electrons. The molecule has 2 fully saturated rings. The van der Waals surface area contributed by atoms with E-state index in [0.717, 1.165) is 24.2 Å². The quantitative estimate of drug-likeness (QED) is 0.630. The highest BCUT2D eigenvalue weighted by molar-refractivity contribution is 6.08. The average molecular weight is 316 g/mol. The fourth-order valence-corrected chi connectivity index (χ4v) is 3.16. The van der Waals surface area contributed by atoms with Crippen LogP contribution in [0.25, 0.3) is 10.9 Å². The zero-order valence-electron chi connectivity index (χ0n) is 12.9. The largest absolute Gasteiger partial charge is 0.379 e. The molecule has 0 saturated carbocycles. The van der Waals surface area contributed by atoms with Crippen molar-refractivity contribution in [2.24, 2.45) is 5.73 Å². The molecule has 2 aliphatic heterocycles. The third-order valence-corrected chi connectivity index (χ3v) is 4.91. The van der Waals surface area contributed by atoms with Crippen LogP contribution in [0.3, 0.4) is 0 Å². The van der Waals surface area contributed by atoms with E-state index < -0.39 is 11.5 Å². The lowest BCUT2D eigenvalue weighted by Crippen LogP contribution is -2.56. The highest BCUT2D eigenvalue weighted by atomic mass is 16.5. The van der Waals surface area contributed by atoms with Crippen LogP contribution in [0.5, 0.6) is 0 Å². The molecule has 2 aliphatic rings. The van der Waals surface area contributed by atoms with Gasteiger partial charge in [-0.15, -0.1) is 0 Å². The van der Waals surface area contributed by atoms with Crippen molar-refractivity contribution in [1.82, 2.24) is 10.3 Å². The number of carbonyl (C=O) groups is 1. The normalized spacial score (nSPS) is 20.1. The van der Waals surface area contributed by atoms with Crippen molar-refractivity contribution in [2.45, 2.75) is 11.6 Å². The first-order chi connectivity index (χ1) is 11.0. The number of fused-ring (bicyclic) bond motifs is 1. The molecule has 2 saturated heterocycles. The standard InChI is InChI=1S/C16H20N4O3/c1-20(9-5-18-6-9)12-3-2-10(15(17)21)14-11(12)4-13(19-14)16(22)7-23-8-16/h2-4,9,18-19,22H,5-8H2,1H3,(H2,17,21). The van der Waals surface area contributed by atoms with E-state index >= 15 is 0 Å². The van der Waals surface area contributed by atoms with E-state index in [-0.39, 0.29) is 13.2 Å². The fraction of sp³-hybridized carbons (Fsp3) is 0.438. The maximum absolute atomic E-state index is 11.7. The number of likely N-dealkylation sites (N-methyl/N-ethyl adjacent to an activating group) is 1. The second-order valence-electron chi connectivity index (χ2n) is 6.42. The molecule has 7 nitrogen and oxygen atoms in total. The zero-order chi connectivity index (χ0) is 16.2. The third kappa shape index (κ3) is 2.12. The number of aliphatic hydroxyl groups is 1. The summed E-state index contributed by atoms with van der Waals surface area (Å²) in [7, 11) is 2.04. The minimum atomic E-state index is -1.01. The number of carbonyl (C=O) groups excluding carboxylic acids is 1. The molecule has 1 amide bonds. The van der Waals surface area contributed by atoms with E-state index in [0.29, 0.717) is 22.8 Å². The molecule has 7 heteroatoms. The Morgan fingerprint density at radius 3 is 2.70 bits per heavy atom. The number of nitrogens with two attached hydrogens (primary N) is 1. The van der Waals surface area contributed by atoms with Gasteiger partial charge in [0.05, 0.1) is 36.0 Å². The lowest BCUT2D eigenvalue weighted by Gasteiger charge is -2.37. The van der Waals surface area contributed by atoms with Crippen LogP contribution in [-0.2, 0) is 10.3 Å². The summed E-state index contributed by atoms with van der Waals surface area (Å²) in [5.74, 6) is -0.486. The molecule has 23 heavy (non-hydrogen) atoms. The van der Waals surface area contributed by atoms with E-state index in [2.05, 4.69) is 15.2 Å². The second kappa shape index (κ2) is 4.95. The Morgan fingerprint density at radius 2 is 2.17 bits per heavy atom. The van der Waals surface area contributed by atoms with Crippen LogP contribution in [0.4, 0.5) is 5.69 Å². The molecule has 0 atom stereocenters. The number of ether oxygens (including phenoxy) is 1. The number of hydrogen-bond donors (Lipinski definition) is 4. The van der Waals surface area contributed by atoms with Crippen molar-refractivity contribution in [1.29, 1.82) is 0 Å². The minimum Gasteiger partial charge on any atom is -0.379 e. The van der Waals surface area contributed by atoms with Gasteiger partial charge in [0.25, 0.3) is 5.91 Å². The Bertz CT molecular complexity index is 777. The molecule has 0 radical (unpaired) electrons. The predicted molar refractivity (Wildman–Crippen MR) is 86.6 cm³/mol. The van der Waals surface area contributed by atoms with Crippen LogP contribution in [0, 0.1) is 0 Å². The lowest BCUT2D eigenvalue weighted by molar-refractivity contribution is -0.186. The van der Waals surface area contributed by atoms with Crippen molar-refractivity contribution in [3.05, 3.63) is 29.5 Å². The summed E-state index contributed by atoms with van der Waals surface area (Å²) in [5, 5.41) is 14.7. The number of amides is 1. The van der Waals surface area contributed by atoms with E-state index in [1.165, 1.54) is 0 Å². The molecular formula is C16H20N4O3.